The molecule has 0 spiro atoms. The maximum Gasteiger partial charge on any atom is 0.225 e. The Morgan fingerprint density at radius 1 is 1.41 bits per heavy atom. The van der Waals surface area contributed by atoms with E-state index in [1.54, 1.807) is 18.0 Å². The van der Waals surface area contributed by atoms with Crippen LogP contribution in [0.1, 0.15) is 32.4 Å². The van der Waals surface area contributed by atoms with Gasteiger partial charge in [-0.05, 0) is 31.2 Å². The Morgan fingerprint density at radius 3 is 2.74 bits per heavy atom. The molecule has 2 heterocycles. The van der Waals surface area contributed by atoms with E-state index in [0.717, 1.165) is 62.9 Å². The summed E-state index contributed by atoms with van der Waals surface area (Å²) < 4.78 is 5.38. The van der Waals surface area contributed by atoms with E-state index in [4.69, 9.17) is 4.42 Å². The first-order valence-corrected chi connectivity index (χ1v) is 10.8. The number of hydrogen-bond donors (Lipinski definition) is 2. The Hall–Kier alpha value is -0.900. The molecule has 0 aromatic carbocycles. The highest BCUT2D eigenvalue weighted by atomic mass is 127. The van der Waals surface area contributed by atoms with Gasteiger partial charge in [0.15, 0.2) is 5.96 Å². The zero-order valence-corrected chi connectivity index (χ0v) is 19.7. The standard InChI is InChI=1S/C19H32N4O2S.HI/c1-15(2)18(24)23-11-7-16(8-12-23)22-19(21-10-14-26-3)20-9-6-17-5-4-13-25-17;/h4-5,13,15-16H,6-12,14H2,1-3H3,(H2,20,21,22);1H. The molecule has 0 bridgehead atoms. The molecule has 1 aliphatic heterocycles. The summed E-state index contributed by atoms with van der Waals surface area (Å²) in [6.45, 7) is 7.14. The average molecular weight is 508 g/mol. The molecule has 6 nitrogen and oxygen atoms in total. The van der Waals surface area contributed by atoms with Gasteiger partial charge in [-0.2, -0.15) is 11.8 Å². The van der Waals surface area contributed by atoms with Crippen LogP contribution in [0.15, 0.2) is 27.8 Å². The molecule has 27 heavy (non-hydrogen) atoms. The van der Waals surface area contributed by atoms with Gasteiger partial charge in [0.1, 0.15) is 5.76 Å². The van der Waals surface area contributed by atoms with Crippen molar-refractivity contribution in [1.29, 1.82) is 0 Å². The van der Waals surface area contributed by atoms with Crippen LogP contribution in [0.5, 0.6) is 0 Å². The van der Waals surface area contributed by atoms with Crippen molar-refractivity contribution in [3.05, 3.63) is 24.2 Å². The van der Waals surface area contributed by atoms with Crippen molar-refractivity contribution in [3.8, 4) is 0 Å². The number of nitrogens with zero attached hydrogens (tertiary/aromatic N) is 2. The van der Waals surface area contributed by atoms with Crippen LogP contribution < -0.4 is 10.6 Å². The van der Waals surface area contributed by atoms with Crippen LogP contribution in [0.4, 0.5) is 0 Å². The van der Waals surface area contributed by atoms with Crippen LogP contribution in [-0.4, -0.2) is 61.0 Å². The van der Waals surface area contributed by atoms with Crippen molar-refractivity contribution in [2.45, 2.75) is 39.2 Å². The second kappa shape index (κ2) is 13.3. The van der Waals surface area contributed by atoms with Crippen molar-refractivity contribution in [1.82, 2.24) is 15.5 Å². The predicted molar refractivity (Wildman–Crippen MR) is 124 cm³/mol. The highest BCUT2D eigenvalue weighted by Crippen LogP contribution is 2.13. The van der Waals surface area contributed by atoms with Crippen LogP contribution in [0, 0.1) is 5.92 Å². The van der Waals surface area contributed by atoms with Crippen molar-refractivity contribution < 1.29 is 9.21 Å². The number of guanidine groups is 1. The number of hydrogen-bond acceptors (Lipinski definition) is 4. The smallest absolute Gasteiger partial charge is 0.225 e. The van der Waals surface area contributed by atoms with Crippen LogP contribution >= 0.6 is 35.7 Å². The number of furan rings is 1. The normalized spacial score (nSPS) is 15.6. The number of likely N-dealkylation sites (tertiary alicyclic amines) is 1. The lowest BCUT2D eigenvalue weighted by Crippen LogP contribution is -2.50. The Labute approximate surface area is 184 Å². The molecular weight excluding hydrogens is 475 g/mol. The number of amides is 1. The highest BCUT2D eigenvalue weighted by Gasteiger charge is 2.24. The lowest BCUT2D eigenvalue weighted by molar-refractivity contribution is -0.135. The monoisotopic (exact) mass is 508 g/mol. The minimum Gasteiger partial charge on any atom is -0.469 e. The van der Waals surface area contributed by atoms with E-state index < -0.39 is 0 Å². The largest absolute Gasteiger partial charge is 0.469 e. The molecule has 0 atom stereocenters. The molecule has 2 rings (SSSR count). The lowest BCUT2D eigenvalue weighted by atomic mass is 10.0. The Kier molecular flexibility index (Phi) is 11.9. The van der Waals surface area contributed by atoms with E-state index in [1.165, 1.54) is 0 Å². The molecule has 1 fully saturated rings. The first kappa shape index (κ1) is 24.1. The van der Waals surface area contributed by atoms with Crippen molar-refractivity contribution >= 4 is 47.6 Å². The minimum absolute atomic E-state index is 0. The van der Waals surface area contributed by atoms with Crippen LogP contribution in [0.3, 0.4) is 0 Å². The molecule has 0 saturated carbocycles. The number of piperidine rings is 1. The number of rotatable bonds is 8. The summed E-state index contributed by atoms with van der Waals surface area (Å²) in [6, 6.07) is 4.25. The van der Waals surface area contributed by atoms with E-state index in [-0.39, 0.29) is 35.8 Å². The zero-order chi connectivity index (χ0) is 18.8. The lowest BCUT2D eigenvalue weighted by Gasteiger charge is -2.34. The molecule has 154 valence electrons. The summed E-state index contributed by atoms with van der Waals surface area (Å²) in [5.41, 5.74) is 0. The molecule has 0 radical (unpaired) electrons. The Balaban J connectivity index is 0.00000364. The van der Waals surface area contributed by atoms with E-state index in [1.807, 2.05) is 30.9 Å². The van der Waals surface area contributed by atoms with Gasteiger partial charge in [0.05, 0.1) is 12.8 Å². The molecule has 2 N–H and O–H groups in total. The van der Waals surface area contributed by atoms with E-state index in [9.17, 15) is 4.79 Å². The summed E-state index contributed by atoms with van der Waals surface area (Å²) in [7, 11) is 0. The second-order valence-electron chi connectivity index (χ2n) is 6.88. The van der Waals surface area contributed by atoms with Gasteiger partial charge in [0.25, 0.3) is 0 Å². The minimum atomic E-state index is 0. The molecule has 1 amide bonds. The highest BCUT2D eigenvalue weighted by molar-refractivity contribution is 14.0. The van der Waals surface area contributed by atoms with Crippen LogP contribution in [0.2, 0.25) is 0 Å². The molecule has 1 aromatic rings. The van der Waals surface area contributed by atoms with Gasteiger partial charge in [-0.25, -0.2) is 0 Å². The summed E-state index contributed by atoms with van der Waals surface area (Å²) >= 11 is 1.80. The Bertz CT molecular complexity index is 558. The van der Waals surface area contributed by atoms with Crippen LogP contribution in [-0.2, 0) is 11.2 Å². The maximum absolute atomic E-state index is 12.1. The summed E-state index contributed by atoms with van der Waals surface area (Å²) in [6.07, 6.45) is 6.54. The van der Waals surface area contributed by atoms with Gasteiger partial charge in [-0.15, -0.1) is 24.0 Å². The molecule has 1 aromatic heterocycles. The predicted octanol–water partition coefficient (Wildman–Crippen LogP) is 2.99. The van der Waals surface area contributed by atoms with Gasteiger partial charge >= 0.3 is 0 Å². The third-order valence-electron chi connectivity index (χ3n) is 4.45. The third-order valence-corrected chi connectivity index (χ3v) is 5.04. The quantitative estimate of drug-likeness (QED) is 0.245. The molecule has 8 heteroatoms. The molecular formula is C19H33IN4O2S. The van der Waals surface area contributed by atoms with Gasteiger partial charge in [-0.1, -0.05) is 13.8 Å². The van der Waals surface area contributed by atoms with Gasteiger partial charge < -0.3 is 20.0 Å². The van der Waals surface area contributed by atoms with Gasteiger partial charge in [-0.3, -0.25) is 9.79 Å². The van der Waals surface area contributed by atoms with Gasteiger partial charge in [0.2, 0.25) is 5.91 Å². The first-order chi connectivity index (χ1) is 12.6. The zero-order valence-electron chi connectivity index (χ0n) is 16.6. The molecule has 1 aliphatic rings. The number of aliphatic imine (C=N–C) groups is 1. The number of thioether (sulfide) groups is 1. The van der Waals surface area contributed by atoms with Crippen molar-refractivity contribution in [3.63, 3.8) is 0 Å². The number of carbonyl (C=O) groups excluding carboxylic acids is 1. The average Bonchev–Trinajstić information content (AvgIpc) is 3.15. The van der Waals surface area contributed by atoms with Crippen molar-refractivity contribution in [2.24, 2.45) is 10.9 Å². The molecule has 0 unspecified atom stereocenters. The fourth-order valence-electron chi connectivity index (χ4n) is 2.96. The number of halogens is 1. The third kappa shape index (κ3) is 8.76. The topological polar surface area (TPSA) is 69.9 Å². The van der Waals surface area contributed by atoms with E-state index in [0.29, 0.717) is 6.04 Å². The second-order valence-corrected chi connectivity index (χ2v) is 7.86. The SMILES string of the molecule is CSCCN=C(NCCc1ccco1)NC1CCN(C(=O)C(C)C)CC1.I. The summed E-state index contributed by atoms with van der Waals surface area (Å²) in [4.78, 5) is 18.8. The van der Waals surface area contributed by atoms with E-state index >= 15 is 0 Å². The number of carbonyl (C=O) groups is 1. The fraction of sp³-hybridized carbons (Fsp3) is 0.684. The Morgan fingerprint density at radius 2 is 2.15 bits per heavy atom. The maximum atomic E-state index is 12.1. The van der Waals surface area contributed by atoms with Crippen molar-refractivity contribution in [2.75, 3.05) is 38.2 Å². The summed E-state index contributed by atoms with van der Waals surface area (Å²) in [5.74, 6) is 3.17. The summed E-state index contributed by atoms with van der Waals surface area (Å²) in [5, 5.41) is 6.95. The van der Waals surface area contributed by atoms with E-state index in [2.05, 4.69) is 21.9 Å². The van der Waals surface area contributed by atoms with Gasteiger partial charge in [0, 0.05) is 43.8 Å². The van der Waals surface area contributed by atoms with Crippen LogP contribution in [0.25, 0.3) is 0 Å². The fourth-order valence-corrected chi connectivity index (χ4v) is 3.24. The first-order valence-electron chi connectivity index (χ1n) is 9.45. The number of nitrogens with one attached hydrogen (secondary N) is 2. The molecule has 0 aliphatic carbocycles. The molecule has 1 saturated heterocycles.